The Morgan fingerprint density at radius 3 is 2.48 bits per heavy atom. The molecule has 3 aliphatic rings. The second-order valence-electron chi connectivity index (χ2n) is 6.88. The van der Waals surface area contributed by atoms with Gasteiger partial charge in [-0.1, -0.05) is 0 Å². The van der Waals surface area contributed by atoms with Gasteiger partial charge in [0.25, 0.3) is 0 Å². The Morgan fingerprint density at radius 2 is 1.84 bits per heavy atom. The highest BCUT2D eigenvalue weighted by Crippen LogP contribution is 2.29. The first kappa shape index (κ1) is 16.5. The lowest BCUT2D eigenvalue weighted by Gasteiger charge is -2.35. The number of ether oxygens (including phenoxy) is 2. The van der Waals surface area contributed by atoms with Gasteiger partial charge in [0.1, 0.15) is 0 Å². The number of nitrogens with zero attached hydrogens (tertiary/aromatic N) is 2. The van der Waals surface area contributed by atoms with E-state index in [2.05, 4.69) is 15.2 Å². The molecule has 0 aliphatic carbocycles. The number of nitrogens with one attached hydrogen (secondary N) is 1. The molecule has 0 aromatic carbocycles. The molecule has 1 atom stereocenters. The summed E-state index contributed by atoms with van der Waals surface area (Å²) in [4.78, 5) is 30.0. The van der Waals surface area contributed by atoms with E-state index in [0.29, 0.717) is 32.0 Å². The molecule has 1 N–H and O–H groups in total. The lowest BCUT2D eigenvalue weighted by atomic mass is 9.94. The van der Waals surface area contributed by atoms with Gasteiger partial charge < -0.3 is 14.4 Å². The highest BCUT2D eigenvalue weighted by molar-refractivity contribution is 6.00. The van der Waals surface area contributed by atoms with Crippen molar-refractivity contribution < 1.29 is 19.1 Å². The number of amides is 2. The van der Waals surface area contributed by atoms with Gasteiger partial charge in [-0.25, -0.2) is 0 Å². The molecule has 4 heterocycles. The summed E-state index contributed by atoms with van der Waals surface area (Å²) in [5, 5.41) is 2.39. The number of carbonyl (C=O) groups is 2. The summed E-state index contributed by atoms with van der Waals surface area (Å²) >= 11 is 0. The van der Waals surface area contributed by atoms with Gasteiger partial charge >= 0.3 is 0 Å². The molecule has 0 spiro atoms. The van der Waals surface area contributed by atoms with Gasteiger partial charge in [-0.15, -0.1) is 0 Å². The molecule has 1 aromatic heterocycles. The minimum absolute atomic E-state index is 0.0322. The fourth-order valence-electron chi connectivity index (χ4n) is 3.85. The van der Waals surface area contributed by atoms with E-state index < -0.39 is 0 Å². The maximum absolute atomic E-state index is 11.9. The van der Waals surface area contributed by atoms with Gasteiger partial charge in [0, 0.05) is 25.4 Å². The van der Waals surface area contributed by atoms with E-state index in [4.69, 9.17) is 9.47 Å². The number of aromatic nitrogens is 1. The second-order valence-corrected chi connectivity index (χ2v) is 6.88. The molecule has 1 unspecified atom stereocenters. The van der Waals surface area contributed by atoms with E-state index in [1.807, 2.05) is 18.3 Å². The van der Waals surface area contributed by atoms with E-state index in [1.54, 1.807) is 0 Å². The minimum atomic E-state index is -0.325. The van der Waals surface area contributed by atoms with Crippen LogP contribution in [0.4, 0.5) is 5.69 Å². The molecular formula is C18H23N3O4. The summed E-state index contributed by atoms with van der Waals surface area (Å²) in [6, 6.07) is 3.93. The van der Waals surface area contributed by atoms with Crippen LogP contribution in [0, 0.1) is 5.92 Å². The van der Waals surface area contributed by atoms with Crippen molar-refractivity contribution >= 4 is 17.5 Å². The second kappa shape index (κ2) is 7.09. The van der Waals surface area contributed by atoms with Crippen LogP contribution in [0.5, 0.6) is 0 Å². The lowest BCUT2D eigenvalue weighted by molar-refractivity contribution is -0.134. The Labute approximate surface area is 146 Å². The zero-order chi connectivity index (χ0) is 17.2. The molecule has 2 amide bonds. The lowest BCUT2D eigenvalue weighted by Crippen LogP contribution is -2.40. The first-order valence-corrected chi connectivity index (χ1v) is 8.98. The molecule has 1 aromatic rings. The van der Waals surface area contributed by atoms with Crippen molar-refractivity contribution in [1.29, 1.82) is 0 Å². The van der Waals surface area contributed by atoms with Gasteiger partial charge in [0.15, 0.2) is 6.29 Å². The number of hydrogen-bond donors (Lipinski definition) is 1. The molecule has 0 bridgehead atoms. The van der Waals surface area contributed by atoms with Crippen LogP contribution >= 0.6 is 0 Å². The third-order valence-electron chi connectivity index (χ3n) is 5.30. The van der Waals surface area contributed by atoms with Crippen LogP contribution in [0.15, 0.2) is 18.3 Å². The largest absolute Gasteiger partial charge is 0.370 e. The van der Waals surface area contributed by atoms with Crippen molar-refractivity contribution in [2.24, 2.45) is 5.92 Å². The molecule has 3 aliphatic heterocycles. The fourth-order valence-corrected chi connectivity index (χ4v) is 3.85. The Morgan fingerprint density at radius 1 is 1.08 bits per heavy atom. The topological polar surface area (TPSA) is 80.8 Å². The summed E-state index contributed by atoms with van der Waals surface area (Å²) in [6.45, 7) is 3.31. The predicted molar refractivity (Wildman–Crippen MR) is 90.0 cm³/mol. The molecule has 134 valence electrons. The monoisotopic (exact) mass is 345 g/mol. The Kier molecular flexibility index (Phi) is 4.67. The van der Waals surface area contributed by atoms with Crippen LogP contribution in [0.3, 0.4) is 0 Å². The number of rotatable bonds is 3. The number of imide groups is 1. The van der Waals surface area contributed by atoms with Gasteiger partial charge in [-0.3, -0.25) is 19.9 Å². The molecular weight excluding hydrogens is 322 g/mol. The first-order valence-electron chi connectivity index (χ1n) is 8.98. The number of carbonyl (C=O) groups excluding carboxylic acids is 2. The van der Waals surface area contributed by atoms with Crippen LogP contribution in [0.1, 0.15) is 37.3 Å². The smallest absolute Gasteiger partial charge is 0.235 e. The highest BCUT2D eigenvalue weighted by Gasteiger charge is 2.31. The van der Waals surface area contributed by atoms with Crippen molar-refractivity contribution in [2.75, 3.05) is 31.2 Å². The normalized spacial score (nSPS) is 26.1. The highest BCUT2D eigenvalue weighted by atomic mass is 16.7. The molecule has 7 nitrogen and oxygen atoms in total. The number of anilines is 1. The fraction of sp³-hybridized carbons (Fsp3) is 0.611. The van der Waals surface area contributed by atoms with E-state index >= 15 is 0 Å². The van der Waals surface area contributed by atoms with Crippen molar-refractivity contribution in [3.05, 3.63) is 24.0 Å². The van der Waals surface area contributed by atoms with Crippen LogP contribution in [-0.4, -0.2) is 49.4 Å². The maximum atomic E-state index is 11.9. The molecule has 0 radical (unpaired) electrons. The molecule has 0 saturated carbocycles. The van der Waals surface area contributed by atoms with Gasteiger partial charge in [0.05, 0.1) is 36.7 Å². The number of pyridine rings is 1. The number of piperidine rings is 2. The molecule has 3 saturated heterocycles. The quantitative estimate of drug-likeness (QED) is 0.829. The zero-order valence-electron chi connectivity index (χ0n) is 14.1. The zero-order valence-corrected chi connectivity index (χ0v) is 14.1. The third kappa shape index (κ3) is 3.52. The average molecular weight is 345 g/mol. The molecule has 3 fully saturated rings. The van der Waals surface area contributed by atoms with Crippen molar-refractivity contribution in [1.82, 2.24) is 10.3 Å². The van der Waals surface area contributed by atoms with Crippen molar-refractivity contribution in [3.63, 3.8) is 0 Å². The Hall–Kier alpha value is -1.99. The molecule has 4 rings (SSSR count). The van der Waals surface area contributed by atoms with Crippen LogP contribution < -0.4 is 10.2 Å². The van der Waals surface area contributed by atoms with Crippen LogP contribution in [0.25, 0.3) is 0 Å². The summed E-state index contributed by atoms with van der Waals surface area (Å²) in [5.74, 6) is -0.298. The van der Waals surface area contributed by atoms with E-state index in [0.717, 1.165) is 37.3 Å². The minimum Gasteiger partial charge on any atom is -0.370 e. The van der Waals surface area contributed by atoms with Gasteiger partial charge in [-0.2, -0.15) is 0 Å². The van der Waals surface area contributed by atoms with Crippen molar-refractivity contribution in [2.45, 2.75) is 37.9 Å². The van der Waals surface area contributed by atoms with E-state index in [-0.39, 0.29) is 24.0 Å². The molecule has 25 heavy (non-hydrogen) atoms. The number of hydrogen-bond acceptors (Lipinski definition) is 6. The van der Waals surface area contributed by atoms with Crippen LogP contribution in [-0.2, 0) is 19.1 Å². The SMILES string of the molecule is O=C1CCC(c2ccc(N3CCC(C4OCCO4)CC3)cn2)C(=O)N1. The van der Waals surface area contributed by atoms with E-state index in [9.17, 15) is 9.59 Å². The summed E-state index contributed by atoms with van der Waals surface area (Å²) in [7, 11) is 0. The van der Waals surface area contributed by atoms with E-state index in [1.165, 1.54) is 0 Å². The average Bonchev–Trinajstić information content (AvgIpc) is 3.17. The summed E-state index contributed by atoms with van der Waals surface area (Å²) in [5.41, 5.74) is 1.80. The summed E-state index contributed by atoms with van der Waals surface area (Å²) in [6.07, 6.45) is 4.79. The standard InChI is InChI=1S/C18H23N3O4/c22-16-4-2-14(17(23)20-16)15-3-1-13(11-19-15)21-7-5-12(6-8-21)18-24-9-10-25-18/h1,3,11-12,14,18H,2,4-10H2,(H,20,22,23). The van der Waals surface area contributed by atoms with Gasteiger partial charge in [-0.05, 0) is 31.4 Å². The third-order valence-corrected chi connectivity index (χ3v) is 5.30. The molecule has 7 heteroatoms. The van der Waals surface area contributed by atoms with Crippen molar-refractivity contribution in [3.8, 4) is 0 Å². The van der Waals surface area contributed by atoms with Gasteiger partial charge in [0.2, 0.25) is 11.8 Å². The van der Waals surface area contributed by atoms with Crippen LogP contribution in [0.2, 0.25) is 0 Å². The first-order chi connectivity index (χ1) is 12.2. The Bertz CT molecular complexity index is 634. The summed E-state index contributed by atoms with van der Waals surface area (Å²) < 4.78 is 11.2. The Balaban J connectivity index is 1.36. The maximum Gasteiger partial charge on any atom is 0.235 e. The predicted octanol–water partition coefficient (Wildman–Crippen LogP) is 1.19.